The lowest BCUT2D eigenvalue weighted by atomic mass is 9.81. The fourth-order valence-corrected chi connectivity index (χ4v) is 1.36. The molecule has 0 saturated heterocycles. The fourth-order valence-electron chi connectivity index (χ4n) is 1.36. The first-order valence-electron chi connectivity index (χ1n) is 4.23. The number of hydrogen-bond donors (Lipinski definition) is 0. The van der Waals surface area contributed by atoms with Gasteiger partial charge in [0.1, 0.15) is 0 Å². The number of rotatable bonds is 1. The summed E-state index contributed by atoms with van der Waals surface area (Å²) in [5.41, 5.74) is 1.19. The van der Waals surface area contributed by atoms with Gasteiger partial charge in [0, 0.05) is 18.6 Å². The lowest BCUT2D eigenvalue weighted by Gasteiger charge is -2.24. The number of allylic oxidation sites excluding steroid dienone is 2. The van der Waals surface area contributed by atoms with Gasteiger partial charge in [0.15, 0.2) is 0 Å². The van der Waals surface area contributed by atoms with Crippen molar-refractivity contribution in [2.24, 2.45) is 16.1 Å². The van der Waals surface area contributed by atoms with Crippen LogP contribution in [0.1, 0.15) is 25.7 Å². The van der Waals surface area contributed by atoms with Crippen molar-refractivity contribution < 1.29 is 0 Å². The monoisotopic (exact) mass is 148 g/mol. The maximum absolute atomic E-state index is 4.14. The van der Waals surface area contributed by atoms with Crippen molar-refractivity contribution in [1.29, 1.82) is 0 Å². The van der Waals surface area contributed by atoms with E-state index in [1.165, 1.54) is 25.0 Å². The topological polar surface area (TPSA) is 24.7 Å². The standard InChI is InChI=1S/C9H12N2/c1-2-7-10-11-9(6-1)8-4-3-5-8/h1,6-8H,2-5H2. The molecule has 1 saturated carbocycles. The molecule has 2 heteroatoms. The van der Waals surface area contributed by atoms with Crippen LogP contribution in [0.3, 0.4) is 0 Å². The van der Waals surface area contributed by atoms with Gasteiger partial charge in [-0.1, -0.05) is 12.5 Å². The van der Waals surface area contributed by atoms with Crippen LogP contribution in [0.2, 0.25) is 0 Å². The van der Waals surface area contributed by atoms with Crippen LogP contribution in [0.4, 0.5) is 0 Å². The van der Waals surface area contributed by atoms with Gasteiger partial charge >= 0.3 is 0 Å². The molecule has 0 aromatic rings. The molecule has 1 fully saturated rings. The van der Waals surface area contributed by atoms with Gasteiger partial charge in [0.2, 0.25) is 0 Å². The van der Waals surface area contributed by atoms with Crippen molar-refractivity contribution in [3.63, 3.8) is 0 Å². The van der Waals surface area contributed by atoms with Gasteiger partial charge in [-0.05, 0) is 18.9 Å². The Kier molecular flexibility index (Phi) is 1.84. The highest BCUT2D eigenvalue weighted by molar-refractivity contribution is 5.98. The first-order valence-corrected chi connectivity index (χ1v) is 4.23. The Morgan fingerprint density at radius 3 is 3.00 bits per heavy atom. The van der Waals surface area contributed by atoms with Crippen LogP contribution in [0.5, 0.6) is 0 Å². The number of hydrogen-bond acceptors (Lipinski definition) is 2. The molecule has 2 nitrogen and oxygen atoms in total. The van der Waals surface area contributed by atoms with Crippen molar-refractivity contribution >= 4 is 11.9 Å². The minimum atomic E-state index is 0.710. The molecule has 0 atom stereocenters. The van der Waals surface area contributed by atoms with Gasteiger partial charge in [0.05, 0.1) is 5.71 Å². The predicted octanol–water partition coefficient (Wildman–Crippen LogP) is 2.17. The molecule has 0 bridgehead atoms. The summed E-state index contributed by atoms with van der Waals surface area (Å²) in [7, 11) is 0. The van der Waals surface area contributed by atoms with Crippen LogP contribution < -0.4 is 0 Å². The molecule has 0 N–H and O–H groups in total. The highest BCUT2D eigenvalue weighted by Gasteiger charge is 2.21. The maximum Gasteiger partial charge on any atom is 0.0658 e. The third kappa shape index (κ3) is 1.39. The van der Waals surface area contributed by atoms with Crippen molar-refractivity contribution in [2.45, 2.75) is 25.7 Å². The summed E-state index contributed by atoms with van der Waals surface area (Å²) in [5, 5.41) is 8.10. The van der Waals surface area contributed by atoms with Crippen molar-refractivity contribution in [1.82, 2.24) is 0 Å². The molecule has 0 spiro atoms. The molecule has 0 unspecified atom stereocenters. The van der Waals surface area contributed by atoms with Crippen molar-refractivity contribution in [3.05, 3.63) is 12.2 Å². The first kappa shape index (κ1) is 6.77. The largest absolute Gasteiger partial charge is 0.163 e. The van der Waals surface area contributed by atoms with Gasteiger partial charge in [0.25, 0.3) is 0 Å². The molecule has 2 aliphatic rings. The zero-order valence-corrected chi connectivity index (χ0v) is 6.53. The van der Waals surface area contributed by atoms with Crippen LogP contribution in [-0.4, -0.2) is 11.9 Å². The minimum Gasteiger partial charge on any atom is -0.163 e. The Morgan fingerprint density at radius 2 is 2.27 bits per heavy atom. The predicted molar refractivity (Wildman–Crippen MR) is 47.0 cm³/mol. The highest BCUT2D eigenvalue weighted by Crippen LogP contribution is 2.28. The average Bonchev–Trinajstić information content (AvgIpc) is 2.12. The lowest BCUT2D eigenvalue weighted by Crippen LogP contribution is -2.19. The normalized spacial score (nSPS) is 24.2. The van der Waals surface area contributed by atoms with E-state index in [9.17, 15) is 0 Å². The minimum absolute atomic E-state index is 0.710. The molecule has 1 aliphatic carbocycles. The Balaban J connectivity index is 2.09. The van der Waals surface area contributed by atoms with Crippen molar-refractivity contribution in [2.75, 3.05) is 0 Å². The third-order valence-corrected chi connectivity index (χ3v) is 2.31. The van der Waals surface area contributed by atoms with E-state index in [4.69, 9.17) is 0 Å². The lowest BCUT2D eigenvalue weighted by molar-refractivity contribution is 0.414. The Bertz CT molecular complexity index is 222. The van der Waals surface area contributed by atoms with Crippen LogP contribution in [0, 0.1) is 5.92 Å². The van der Waals surface area contributed by atoms with E-state index in [2.05, 4.69) is 22.4 Å². The zero-order chi connectivity index (χ0) is 7.52. The summed E-state index contributed by atoms with van der Waals surface area (Å²) in [5.74, 6) is 0.710. The SMILES string of the molecule is C1=CC(C2CCC2)=NN=CC1. The number of nitrogens with zero attached hydrogens (tertiary/aromatic N) is 2. The van der Waals surface area contributed by atoms with Gasteiger partial charge < -0.3 is 0 Å². The summed E-state index contributed by atoms with van der Waals surface area (Å²) >= 11 is 0. The van der Waals surface area contributed by atoms with E-state index < -0.39 is 0 Å². The Labute approximate surface area is 66.7 Å². The zero-order valence-electron chi connectivity index (χ0n) is 6.53. The molecule has 11 heavy (non-hydrogen) atoms. The van der Waals surface area contributed by atoms with Gasteiger partial charge in [-0.2, -0.15) is 10.2 Å². The van der Waals surface area contributed by atoms with Crippen LogP contribution in [0.15, 0.2) is 22.4 Å². The van der Waals surface area contributed by atoms with Gasteiger partial charge in [-0.3, -0.25) is 0 Å². The van der Waals surface area contributed by atoms with E-state index in [0.717, 1.165) is 6.42 Å². The molecular weight excluding hydrogens is 136 g/mol. The molecule has 0 amide bonds. The van der Waals surface area contributed by atoms with E-state index in [-0.39, 0.29) is 0 Å². The summed E-state index contributed by atoms with van der Waals surface area (Å²) in [6, 6.07) is 0. The molecule has 1 aliphatic heterocycles. The quantitative estimate of drug-likeness (QED) is 0.544. The molecular formula is C9H12N2. The first-order chi connectivity index (χ1) is 5.47. The fraction of sp³-hybridized carbons (Fsp3) is 0.556. The van der Waals surface area contributed by atoms with Crippen LogP contribution in [-0.2, 0) is 0 Å². The van der Waals surface area contributed by atoms with E-state index in [1.807, 2.05) is 6.21 Å². The third-order valence-electron chi connectivity index (χ3n) is 2.31. The Morgan fingerprint density at radius 1 is 1.36 bits per heavy atom. The summed E-state index contributed by atoms with van der Waals surface area (Å²) in [6.07, 6.45) is 11.0. The second-order valence-corrected chi connectivity index (χ2v) is 3.09. The van der Waals surface area contributed by atoms with E-state index in [0.29, 0.717) is 5.92 Å². The highest BCUT2D eigenvalue weighted by atomic mass is 15.2. The summed E-state index contributed by atoms with van der Waals surface area (Å²) in [6.45, 7) is 0. The summed E-state index contributed by atoms with van der Waals surface area (Å²) in [4.78, 5) is 0. The molecule has 1 heterocycles. The Hall–Kier alpha value is -0.920. The molecule has 0 aromatic heterocycles. The molecule has 0 aromatic carbocycles. The summed E-state index contributed by atoms with van der Waals surface area (Å²) < 4.78 is 0. The van der Waals surface area contributed by atoms with Gasteiger partial charge in [-0.15, -0.1) is 0 Å². The van der Waals surface area contributed by atoms with Crippen molar-refractivity contribution in [3.8, 4) is 0 Å². The second-order valence-electron chi connectivity index (χ2n) is 3.09. The van der Waals surface area contributed by atoms with Crippen LogP contribution in [0.25, 0.3) is 0 Å². The van der Waals surface area contributed by atoms with E-state index >= 15 is 0 Å². The van der Waals surface area contributed by atoms with Crippen LogP contribution >= 0.6 is 0 Å². The molecule has 58 valence electrons. The average molecular weight is 148 g/mol. The van der Waals surface area contributed by atoms with E-state index in [1.54, 1.807) is 0 Å². The second kappa shape index (κ2) is 2.99. The molecule has 0 radical (unpaired) electrons. The van der Waals surface area contributed by atoms with Gasteiger partial charge in [-0.25, -0.2) is 0 Å². The smallest absolute Gasteiger partial charge is 0.0658 e. The molecule has 2 rings (SSSR count). The maximum atomic E-state index is 4.14.